The Balaban J connectivity index is 1.99. The van der Waals surface area contributed by atoms with Crippen LogP contribution in [0, 0.1) is 5.92 Å². The molecule has 124 valence electrons. The first kappa shape index (κ1) is 17.8. The van der Waals surface area contributed by atoms with Crippen molar-refractivity contribution in [1.82, 2.24) is 9.62 Å². The van der Waals surface area contributed by atoms with E-state index in [1.807, 2.05) is 18.4 Å². The molecule has 0 heterocycles. The Labute approximate surface area is 138 Å². The lowest BCUT2D eigenvalue weighted by Gasteiger charge is -2.30. The second kappa shape index (κ2) is 7.81. The van der Waals surface area contributed by atoms with E-state index in [1.54, 1.807) is 12.1 Å². The predicted octanol–water partition coefficient (Wildman–Crippen LogP) is 2.81. The van der Waals surface area contributed by atoms with Gasteiger partial charge in [-0.2, -0.15) is 0 Å². The molecule has 1 aliphatic rings. The number of nitrogens with one attached hydrogen (secondary N) is 1. The van der Waals surface area contributed by atoms with Gasteiger partial charge in [-0.15, -0.1) is 11.8 Å². The normalized spacial score (nSPS) is 22.9. The van der Waals surface area contributed by atoms with Crippen LogP contribution in [-0.2, 0) is 10.0 Å². The van der Waals surface area contributed by atoms with Gasteiger partial charge < -0.3 is 4.90 Å². The summed E-state index contributed by atoms with van der Waals surface area (Å²) < 4.78 is 28.1. The molecule has 0 aromatic heterocycles. The number of benzene rings is 1. The molecule has 1 aromatic carbocycles. The smallest absolute Gasteiger partial charge is 0.241 e. The molecule has 6 heteroatoms. The standard InChI is InChI=1S/C16H26N2O2S2/c1-18(2)12-13-8-10-14(11-9-13)17-22(19,20)16-7-5-4-6-15(16)21-3/h4-7,13-14,17H,8-12H2,1-3H3. The van der Waals surface area contributed by atoms with Crippen LogP contribution in [0.4, 0.5) is 0 Å². The van der Waals surface area contributed by atoms with Crippen LogP contribution in [0.15, 0.2) is 34.1 Å². The summed E-state index contributed by atoms with van der Waals surface area (Å²) in [5, 5.41) is 0. The van der Waals surface area contributed by atoms with Crippen LogP contribution in [0.5, 0.6) is 0 Å². The zero-order valence-electron chi connectivity index (χ0n) is 13.6. The molecule has 1 aliphatic carbocycles. The van der Waals surface area contributed by atoms with E-state index in [9.17, 15) is 8.42 Å². The van der Waals surface area contributed by atoms with Gasteiger partial charge in [0, 0.05) is 17.5 Å². The maximum Gasteiger partial charge on any atom is 0.241 e. The van der Waals surface area contributed by atoms with Gasteiger partial charge in [0.1, 0.15) is 0 Å². The summed E-state index contributed by atoms with van der Waals surface area (Å²) in [4.78, 5) is 3.42. The summed E-state index contributed by atoms with van der Waals surface area (Å²) in [5.41, 5.74) is 0. The van der Waals surface area contributed by atoms with E-state index < -0.39 is 10.0 Å². The topological polar surface area (TPSA) is 49.4 Å². The van der Waals surface area contributed by atoms with Gasteiger partial charge in [0.25, 0.3) is 0 Å². The van der Waals surface area contributed by atoms with Gasteiger partial charge in [0.05, 0.1) is 4.90 Å². The van der Waals surface area contributed by atoms with Gasteiger partial charge in [-0.25, -0.2) is 13.1 Å². The van der Waals surface area contributed by atoms with Gasteiger partial charge >= 0.3 is 0 Å². The Morgan fingerprint density at radius 1 is 1.18 bits per heavy atom. The van der Waals surface area contributed by atoms with Gasteiger partial charge in [0.15, 0.2) is 0 Å². The number of rotatable bonds is 6. The summed E-state index contributed by atoms with van der Waals surface area (Å²) in [7, 11) is 0.758. The second-order valence-corrected chi connectivity index (χ2v) is 8.78. The highest BCUT2D eigenvalue weighted by Crippen LogP contribution is 2.28. The monoisotopic (exact) mass is 342 g/mol. The van der Waals surface area contributed by atoms with E-state index in [-0.39, 0.29) is 6.04 Å². The lowest BCUT2D eigenvalue weighted by Crippen LogP contribution is -2.39. The highest BCUT2D eigenvalue weighted by Gasteiger charge is 2.27. The Morgan fingerprint density at radius 3 is 2.41 bits per heavy atom. The van der Waals surface area contributed by atoms with Crippen LogP contribution in [0.2, 0.25) is 0 Å². The maximum absolute atomic E-state index is 12.6. The fourth-order valence-corrected chi connectivity index (χ4v) is 5.56. The summed E-state index contributed by atoms with van der Waals surface area (Å²) in [6, 6.07) is 7.26. The molecule has 0 spiro atoms. The van der Waals surface area contributed by atoms with Crippen molar-refractivity contribution >= 4 is 21.8 Å². The molecule has 0 saturated heterocycles. The van der Waals surface area contributed by atoms with Crippen molar-refractivity contribution in [2.75, 3.05) is 26.9 Å². The zero-order chi connectivity index (χ0) is 16.2. The quantitative estimate of drug-likeness (QED) is 0.808. The van der Waals surface area contributed by atoms with Gasteiger partial charge in [-0.1, -0.05) is 12.1 Å². The van der Waals surface area contributed by atoms with Crippen molar-refractivity contribution in [2.24, 2.45) is 5.92 Å². The van der Waals surface area contributed by atoms with Gasteiger partial charge in [0.2, 0.25) is 10.0 Å². The van der Waals surface area contributed by atoms with E-state index in [1.165, 1.54) is 11.8 Å². The molecule has 1 saturated carbocycles. The third kappa shape index (κ3) is 4.72. The molecule has 0 aliphatic heterocycles. The third-order valence-electron chi connectivity index (χ3n) is 4.15. The SMILES string of the molecule is CSc1ccccc1S(=O)(=O)NC1CCC(CN(C)C)CC1. The third-order valence-corrected chi connectivity index (χ3v) is 6.65. The number of thioether (sulfide) groups is 1. The fourth-order valence-electron chi connectivity index (χ4n) is 3.10. The average molecular weight is 343 g/mol. The van der Waals surface area contributed by atoms with E-state index in [0.717, 1.165) is 37.1 Å². The highest BCUT2D eigenvalue weighted by atomic mass is 32.2. The molecule has 0 unspecified atom stereocenters. The summed E-state index contributed by atoms with van der Waals surface area (Å²) in [6.45, 7) is 1.09. The van der Waals surface area contributed by atoms with Crippen LogP contribution in [0.25, 0.3) is 0 Å². The maximum atomic E-state index is 12.6. The first-order chi connectivity index (χ1) is 10.4. The minimum atomic E-state index is -3.42. The summed E-state index contributed by atoms with van der Waals surface area (Å²) >= 11 is 1.47. The van der Waals surface area contributed by atoms with Gasteiger partial charge in [-0.05, 0) is 64.1 Å². The van der Waals surface area contributed by atoms with Crippen molar-refractivity contribution in [2.45, 2.75) is 41.5 Å². The number of nitrogens with zero attached hydrogens (tertiary/aromatic N) is 1. The van der Waals surface area contributed by atoms with Crippen molar-refractivity contribution in [3.05, 3.63) is 24.3 Å². The van der Waals surface area contributed by atoms with E-state index >= 15 is 0 Å². The van der Waals surface area contributed by atoms with E-state index in [4.69, 9.17) is 0 Å². The van der Waals surface area contributed by atoms with Crippen LogP contribution in [0.1, 0.15) is 25.7 Å². The average Bonchev–Trinajstić information content (AvgIpc) is 2.48. The van der Waals surface area contributed by atoms with E-state index in [0.29, 0.717) is 10.8 Å². The molecule has 0 amide bonds. The summed E-state index contributed by atoms with van der Waals surface area (Å²) in [6.07, 6.45) is 5.95. The Hall–Kier alpha value is -0.560. The van der Waals surface area contributed by atoms with Gasteiger partial charge in [-0.3, -0.25) is 0 Å². The lowest BCUT2D eigenvalue weighted by atomic mass is 9.86. The predicted molar refractivity (Wildman–Crippen MR) is 92.8 cm³/mol. The number of hydrogen-bond donors (Lipinski definition) is 1. The minimum Gasteiger partial charge on any atom is -0.309 e. The molecule has 1 aromatic rings. The van der Waals surface area contributed by atoms with Crippen molar-refractivity contribution < 1.29 is 8.42 Å². The molecule has 0 bridgehead atoms. The Morgan fingerprint density at radius 2 is 1.82 bits per heavy atom. The van der Waals surface area contributed by atoms with Crippen LogP contribution >= 0.6 is 11.8 Å². The van der Waals surface area contributed by atoms with Crippen molar-refractivity contribution in [1.29, 1.82) is 0 Å². The minimum absolute atomic E-state index is 0.0679. The molecule has 4 nitrogen and oxygen atoms in total. The first-order valence-electron chi connectivity index (χ1n) is 7.72. The van der Waals surface area contributed by atoms with E-state index in [2.05, 4.69) is 23.7 Å². The summed E-state index contributed by atoms with van der Waals surface area (Å²) in [5.74, 6) is 0.689. The Kier molecular flexibility index (Phi) is 6.32. The lowest BCUT2D eigenvalue weighted by molar-refractivity contribution is 0.244. The van der Waals surface area contributed by atoms with Crippen molar-refractivity contribution in [3.63, 3.8) is 0 Å². The number of hydrogen-bond acceptors (Lipinski definition) is 4. The fraction of sp³-hybridized carbons (Fsp3) is 0.625. The second-order valence-electron chi connectivity index (χ2n) is 6.25. The Bertz CT molecular complexity index is 580. The van der Waals surface area contributed by atoms with Crippen LogP contribution in [0.3, 0.4) is 0 Å². The molecule has 0 atom stereocenters. The highest BCUT2D eigenvalue weighted by molar-refractivity contribution is 7.99. The number of sulfonamides is 1. The van der Waals surface area contributed by atoms with Crippen molar-refractivity contribution in [3.8, 4) is 0 Å². The molecule has 22 heavy (non-hydrogen) atoms. The molecule has 1 N–H and O–H groups in total. The zero-order valence-corrected chi connectivity index (χ0v) is 15.2. The molecule has 0 radical (unpaired) electrons. The molecule has 1 fully saturated rings. The molecular formula is C16H26N2O2S2. The largest absolute Gasteiger partial charge is 0.309 e. The molecule has 2 rings (SSSR count). The molecular weight excluding hydrogens is 316 g/mol. The van der Waals surface area contributed by atoms with Crippen LogP contribution < -0.4 is 4.72 Å². The van der Waals surface area contributed by atoms with Crippen LogP contribution in [-0.4, -0.2) is 46.3 Å². The first-order valence-corrected chi connectivity index (χ1v) is 10.4.